The van der Waals surface area contributed by atoms with Crippen molar-refractivity contribution in [1.29, 1.82) is 0 Å². The van der Waals surface area contributed by atoms with E-state index in [0.717, 1.165) is 12.0 Å². The van der Waals surface area contributed by atoms with Crippen LogP contribution in [0.4, 0.5) is 0 Å². The summed E-state index contributed by atoms with van der Waals surface area (Å²) in [6.07, 6.45) is 1.33. The first-order valence-corrected chi connectivity index (χ1v) is 8.65. The Kier molecular flexibility index (Phi) is 6.30. The van der Waals surface area contributed by atoms with Crippen LogP contribution in [0.3, 0.4) is 0 Å². The van der Waals surface area contributed by atoms with E-state index in [2.05, 4.69) is 4.72 Å². The molecule has 0 radical (unpaired) electrons. The smallest absolute Gasteiger partial charge is 0.211 e. The summed E-state index contributed by atoms with van der Waals surface area (Å²) in [5.74, 6) is 0.648. The Balaban J connectivity index is 2.55. The lowest BCUT2D eigenvalue weighted by Crippen LogP contribution is -2.37. The number of halogens is 1. The molecule has 0 atom stereocenters. The normalized spacial score (nSPS) is 12.6. The lowest BCUT2D eigenvalue weighted by molar-refractivity contribution is 0.501. The molecule has 3 nitrogen and oxygen atoms in total. The van der Waals surface area contributed by atoms with Crippen LogP contribution in [0.25, 0.3) is 0 Å². The van der Waals surface area contributed by atoms with Crippen LogP contribution in [0.2, 0.25) is 0 Å². The van der Waals surface area contributed by atoms with Crippen molar-refractivity contribution < 1.29 is 8.42 Å². The van der Waals surface area contributed by atoms with Gasteiger partial charge in [0.25, 0.3) is 0 Å². The van der Waals surface area contributed by atoms with E-state index in [0.29, 0.717) is 18.8 Å². The molecule has 5 heteroatoms. The lowest BCUT2D eigenvalue weighted by atomic mass is 9.85. The van der Waals surface area contributed by atoms with Crippen LogP contribution >= 0.6 is 11.6 Å². The van der Waals surface area contributed by atoms with E-state index in [1.54, 1.807) is 0 Å². The number of alkyl halides is 1. The average Bonchev–Trinajstić information content (AvgIpc) is 2.38. The maximum atomic E-state index is 11.8. The molecule has 0 heterocycles. The number of hydrogen-bond donors (Lipinski definition) is 1. The first-order valence-electron chi connectivity index (χ1n) is 6.46. The van der Waals surface area contributed by atoms with Gasteiger partial charge in [-0.3, -0.25) is 0 Å². The molecule has 0 fully saturated rings. The van der Waals surface area contributed by atoms with Crippen molar-refractivity contribution in [3.63, 3.8) is 0 Å². The molecule has 0 amide bonds. The third-order valence-electron chi connectivity index (χ3n) is 3.09. The van der Waals surface area contributed by atoms with Crippen molar-refractivity contribution in [2.75, 3.05) is 18.2 Å². The van der Waals surface area contributed by atoms with Gasteiger partial charge in [0.2, 0.25) is 10.0 Å². The van der Waals surface area contributed by atoms with E-state index in [1.807, 2.05) is 44.2 Å². The summed E-state index contributed by atoms with van der Waals surface area (Å²) < 4.78 is 26.3. The van der Waals surface area contributed by atoms with Crippen LogP contribution in [-0.2, 0) is 15.4 Å². The van der Waals surface area contributed by atoms with Gasteiger partial charge in [-0.15, -0.1) is 11.6 Å². The molecule has 1 aromatic carbocycles. The van der Waals surface area contributed by atoms with Crippen molar-refractivity contribution in [1.82, 2.24) is 4.72 Å². The van der Waals surface area contributed by atoms with Gasteiger partial charge in [-0.1, -0.05) is 44.2 Å². The number of hydrogen-bond acceptors (Lipinski definition) is 2. The van der Waals surface area contributed by atoms with Gasteiger partial charge in [-0.2, -0.15) is 0 Å². The fourth-order valence-electron chi connectivity index (χ4n) is 1.74. The summed E-state index contributed by atoms with van der Waals surface area (Å²) in [5, 5.41) is 0. The molecule has 0 aromatic heterocycles. The molecule has 0 saturated heterocycles. The number of nitrogens with one attached hydrogen (secondary N) is 1. The van der Waals surface area contributed by atoms with Crippen LogP contribution in [0.15, 0.2) is 30.3 Å². The van der Waals surface area contributed by atoms with Gasteiger partial charge in [0.05, 0.1) is 5.75 Å². The van der Waals surface area contributed by atoms with Crippen molar-refractivity contribution in [2.45, 2.75) is 32.1 Å². The Bertz CT molecular complexity index is 471. The van der Waals surface area contributed by atoms with Gasteiger partial charge in [-0.05, 0) is 18.4 Å². The fraction of sp³-hybridized carbons (Fsp3) is 0.571. The molecule has 0 aliphatic heterocycles. The van der Waals surface area contributed by atoms with Gasteiger partial charge in [0, 0.05) is 17.8 Å². The van der Waals surface area contributed by atoms with E-state index >= 15 is 0 Å². The highest BCUT2D eigenvalue weighted by Crippen LogP contribution is 2.21. The molecule has 0 aliphatic rings. The quantitative estimate of drug-likeness (QED) is 0.593. The minimum atomic E-state index is -3.20. The van der Waals surface area contributed by atoms with Gasteiger partial charge in [0.15, 0.2) is 0 Å². The number of unbranched alkanes of at least 4 members (excludes halogenated alkanes) is 1. The summed E-state index contributed by atoms with van der Waals surface area (Å²) in [5.41, 5.74) is 0.902. The molecule has 0 spiro atoms. The Hall–Kier alpha value is -0.580. The zero-order chi connectivity index (χ0) is 14.4. The summed E-state index contributed by atoms with van der Waals surface area (Å²) >= 11 is 5.54. The second-order valence-corrected chi connectivity index (χ2v) is 7.59. The third-order valence-corrected chi connectivity index (χ3v) is 4.76. The van der Waals surface area contributed by atoms with Crippen molar-refractivity contribution >= 4 is 21.6 Å². The topological polar surface area (TPSA) is 46.2 Å². The van der Waals surface area contributed by atoms with E-state index in [9.17, 15) is 8.42 Å². The van der Waals surface area contributed by atoms with Crippen LogP contribution < -0.4 is 4.72 Å². The first kappa shape index (κ1) is 16.5. The summed E-state index contributed by atoms with van der Waals surface area (Å²) in [4.78, 5) is 0. The Morgan fingerprint density at radius 1 is 1.16 bits per heavy atom. The van der Waals surface area contributed by atoms with Crippen molar-refractivity contribution in [2.24, 2.45) is 0 Å². The third kappa shape index (κ3) is 5.93. The Morgan fingerprint density at radius 3 is 2.37 bits per heavy atom. The maximum Gasteiger partial charge on any atom is 0.211 e. The molecular formula is C14H22ClNO2S. The summed E-state index contributed by atoms with van der Waals surface area (Å²) in [6, 6.07) is 9.91. The summed E-state index contributed by atoms with van der Waals surface area (Å²) in [7, 11) is -3.20. The van der Waals surface area contributed by atoms with Crippen molar-refractivity contribution in [3.05, 3.63) is 35.9 Å². The minimum absolute atomic E-state index is 0.143. The minimum Gasteiger partial charge on any atom is -0.214 e. The molecule has 1 rings (SSSR count). The highest BCUT2D eigenvalue weighted by atomic mass is 35.5. The van der Waals surface area contributed by atoms with Gasteiger partial charge in [0.1, 0.15) is 0 Å². The van der Waals surface area contributed by atoms with Crippen LogP contribution in [-0.4, -0.2) is 26.6 Å². The number of benzene rings is 1. The average molecular weight is 304 g/mol. The van der Waals surface area contributed by atoms with Gasteiger partial charge in [-0.25, -0.2) is 13.1 Å². The zero-order valence-corrected chi connectivity index (χ0v) is 13.1. The first-order chi connectivity index (χ1) is 8.87. The highest BCUT2D eigenvalue weighted by molar-refractivity contribution is 7.89. The van der Waals surface area contributed by atoms with Crippen LogP contribution in [0.5, 0.6) is 0 Å². The van der Waals surface area contributed by atoms with Crippen molar-refractivity contribution in [3.8, 4) is 0 Å². The standard InChI is InChI=1S/C14H22ClNO2S/c1-14(2,13-8-4-3-5-9-13)12-16-19(17,18)11-7-6-10-15/h3-5,8-9,16H,6-7,10-12H2,1-2H3. The molecule has 1 aromatic rings. The lowest BCUT2D eigenvalue weighted by Gasteiger charge is -2.25. The van der Waals surface area contributed by atoms with E-state index < -0.39 is 10.0 Å². The maximum absolute atomic E-state index is 11.8. The molecule has 108 valence electrons. The molecule has 1 N–H and O–H groups in total. The second-order valence-electron chi connectivity index (χ2n) is 5.29. The molecule has 0 saturated carbocycles. The molecule has 0 bridgehead atoms. The molecule has 0 unspecified atom stereocenters. The fourth-order valence-corrected chi connectivity index (χ4v) is 3.24. The van der Waals surface area contributed by atoms with E-state index in [-0.39, 0.29) is 11.2 Å². The molecule has 19 heavy (non-hydrogen) atoms. The van der Waals surface area contributed by atoms with E-state index in [4.69, 9.17) is 11.6 Å². The number of rotatable bonds is 8. The predicted octanol–water partition coefficient (Wildman–Crippen LogP) is 2.90. The largest absolute Gasteiger partial charge is 0.214 e. The Morgan fingerprint density at radius 2 is 1.79 bits per heavy atom. The summed E-state index contributed by atoms with van der Waals surface area (Å²) in [6.45, 7) is 4.47. The number of sulfonamides is 1. The monoisotopic (exact) mass is 303 g/mol. The SMILES string of the molecule is CC(C)(CNS(=O)(=O)CCCCCl)c1ccccc1. The Labute approximate surface area is 121 Å². The molecule has 0 aliphatic carbocycles. The highest BCUT2D eigenvalue weighted by Gasteiger charge is 2.22. The molecular weight excluding hydrogens is 282 g/mol. The van der Waals surface area contributed by atoms with Gasteiger partial charge >= 0.3 is 0 Å². The van der Waals surface area contributed by atoms with Gasteiger partial charge < -0.3 is 0 Å². The zero-order valence-electron chi connectivity index (χ0n) is 11.5. The van der Waals surface area contributed by atoms with E-state index in [1.165, 1.54) is 0 Å². The van der Waals surface area contributed by atoms with Crippen LogP contribution in [0, 0.1) is 0 Å². The second kappa shape index (κ2) is 7.27. The van der Waals surface area contributed by atoms with Crippen LogP contribution in [0.1, 0.15) is 32.3 Å². The predicted molar refractivity (Wildman–Crippen MR) is 81.2 cm³/mol.